The van der Waals surface area contributed by atoms with Gasteiger partial charge in [0.05, 0.1) is 12.0 Å². The van der Waals surface area contributed by atoms with E-state index in [0.29, 0.717) is 22.5 Å². The van der Waals surface area contributed by atoms with Crippen molar-refractivity contribution in [2.75, 3.05) is 5.32 Å². The topological polar surface area (TPSA) is 88.2 Å². The van der Waals surface area contributed by atoms with E-state index in [1.165, 1.54) is 12.3 Å². The van der Waals surface area contributed by atoms with Crippen molar-refractivity contribution >= 4 is 28.8 Å². The van der Waals surface area contributed by atoms with Crippen molar-refractivity contribution in [3.05, 3.63) is 59.0 Å². The van der Waals surface area contributed by atoms with Crippen LogP contribution in [0.3, 0.4) is 0 Å². The first-order valence-electron chi connectivity index (χ1n) is 5.87. The molecule has 3 aromatic rings. The fourth-order valence-electron chi connectivity index (χ4n) is 1.80. The van der Waals surface area contributed by atoms with E-state index in [1.807, 2.05) is 0 Å². The smallest absolute Gasteiger partial charge is 0.417 e. The molecule has 0 aliphatic rings. The summed E-state index contributed by atoms with van der Waals surface area (Å²) in [6.07, 6.45) is 4.41. The van der Waals surface area contributed by atoms with Crippen LogP contribution < -0.4 is 11.1 Å². The van der Waals surface area contributed by atoms with Gasteiger partial charge in [-0.05, 0) is 30.3 Å². The van der Waals surface area contributed by atoms with Gasteiger partial charge in [-0.15, -0.1) is 0 Å². The Bertz CT molecular complexity index is 824. The van der Waals surface area contributed by atoms with Crippen LogP contribution in [0.15, 0.2) is 56.3 Å². The van der Waals surface area contributed by atoms with Gasteiger partial charge >= 0.3 is 5.76 Å². The van der Waals surface area contributed by atoms with Gasteiger partial charge in [-0.2, -0.15) is 0 Å². The highest BCUT2D eigenvalue weighted by Crippen LogP contribution is 2.19. The molecule has 2 N–H and O–H groups in total. The summed E-state index contributed by atoms with van der Waals surface area (Å²) in [5, 5.41) is 2.66. The number of rotatable bonds is 3. The number of nitrogens with one attached hydrogen (secondary N) is 2. The van der Waals surface area contributed by atoms with Gasteiger partial charge in [-0.25, -0.2) is 4.79 Å². The highest BCUT2D eigenvalue weighted by atomic mass is 16.4. The summed E-state index contributed by atoms with van der Waals surface area (Å²) in [5.41, 5.74) is 1.32. The number of aromatic amines is 1. The number of amides is 1. The monoisotopic (exact) mass is 270 g/mol. The minimum atomic E-state index is -0.562. The summed E-state index contributed by atoms with van der Waals surface area (Å²) < 4.78 is 9.99. The van der Waals surface area contributed by atoms with Crippen molar-refractivity contribution in [1.82, 2.24) is 4.98 Å². The molecule has 100 valence electrons. The first kappa shape index (κ1) is 12.0. The number of carbonyl (C=O) groups excluding carboxylic acids is 1. The number of hydrogen-bond acceptors (Lipinski definition) is 4. The van der Waals surface area contributed by atoms with Gasteiger partial charge in [-0.3, -0.25) is 9.78 Å². The molecule has 0 spiro atoms. The van der Waals surface area contributed by atoms with Gasteiger partial charge in [-0.1, -0.05) is 6.07 Å². The van der Waals surface area contributed by atoms with Crippen molar-refractivity contribution in [3.8, 4) is 0 Å². The van der Waals surface area contributed by atoms with Crippen molar-refractivity contribution in [2.45, 2.75) is 0 Å². The fourth-order valence-corrected chi connectivity index (χ4v) is 1.80. The Kier molecular flexibility index (Phi) is 2.96. The first-order valence-corrected chi connectivity index (χ1v) is 5.87. The number of carbonyl (C=O) groups is 1. The third-order valence-corrected chi connectivity index (χ3v) is 2.66. The maximum absolute atomic E-state index is 11.8. The Labute approximate surface area is 112 Å². The molecule has 1 aromatic carbocycles. The number of hydrogen-bond donors (Lipinski definition) is 2. The molecular weight excluding hydrogens is 260 g/mol. The van der Waals surface area contributed by atoms with E-state index in [2.05, 4.69) is 10.3 Å². The molecule has 2 heterocycles. The second-order valence-corrected chi connectivity index (χ2v) is 4.03. The molecule has 0 aliphatic heterocycles. The van der Waals surface area contributed by atoms with Crippen LogP contribution >= 0.6 is 0 Å². The molecule has 0 saturated heterocycles. The molecule has 0 fully saturated rings. The van der Waals surface area contributed by atoms with E-state index in [4.69, 9.17) is 8.83 Å². The van der Waals surface area contributed by atoms with Crippen LogP contribution in [0.2, 0.25) is 0 Å². The van der Waals surface area contributed by atoms with Gasteiger partial charge in [0.1, 0.15) is 11.3 Å². The van der Waals surface area contributed by atoms with Crippen molar-refractivity contribution in [3.63, 3.8) is 0 Å². The number of furan rings is 1. The number of oxazole rings is 1. The molecule has 0 atom stereocenters. The van der Waals surface area contributed by atoms with Gasteiger partial charge in [0.2, 0.25) is 5.91 Å². The SMILES string of the molecule is O=C(/C=C/c1ccco1)Nc1cccc2oc(=O)[nH]c12. The molecule has 0 unspecified atom stereocenters. The quantitative estimate of drug-likeness (QED) is 0.715. The van der Waals surface area contributed by atoms with Crippen LogP contribution in [0, 0.1) is 0 Å². The van der Waals surface area contributed by atoms with E-state index in [-0.39, 0.29) is 5.91 Å². The second kappa shape index (κ2) is 4.93. The average Bonchev–Trinajstić information content (AvgIpc) is 3.05. The number of aromatic nitrogens is 1. The predicted octanol–water partition coefficient (Wildman–Crippen LogP) is 2.37. The summed E-state index contributed by atoms with van der Waals surface area (Å²) in [5.74, 6) is -0.321. The number of anilines is 1. The van der Waals surface area contributed by atoms with E-state index in [9.17, 15) is 9.59 Å². The zero-order valence-electron chi connectivity index (χ0n) is 10.3. The van der Waals surface area contributed by atoms with Crippen molar-refractivity contribution < 1.29 is 13.6 Å². The Morgan fingerprint density at radius 1 is 1.25 bits per heavy atom. The third-order valence-electron chi connectivity index (χ3n) is 2.66. The molecule has 0 saturated carbocycles. The van der Waals surface area contributed by atoms with E-state index >= 15 is 0 Å². The molecule has 2 aromatic heterocycles. The van der Waals surface area contributed by atoms with Crippen LogP contribution in [-0.2, 0) is 4.79 Å². The Morgan fingerprint density at radius 2 is 2.15 bits per heavy atom. The van der Waals surface area contributed by atoms with Crippen LogP contribution in [0.4, 0.5) is 5.69 Å². The lowest BCUT2D eigenvalue weighted by molar-refractivity contribution is -0.111. The predicted molar refractivity (Wildman–Crippen MR) is 73.2 cm³/mol. The Balaban J connectivity index is 1.82. The second-order valence-electron chi connectivity index (χ2n) is 4.03. The number of para-hydroxylation sites is 1. The van der Waals surface area contributed by atoms with Crippen LogP contribution in [0.1, 0.15) is 5.76 Å². The first-order chi connectivity index (χ1) is 9.72. The standard InChI is InChI=1S/C14H10N2O4/c17-12(7-6-9-3-2-8-19-9)15-10-4-1-5-11-13(10)16-14(18)20-11/h1-8H,(H,15,17)(H,16,18)/b7-6+. The number of H-pyrrole nitrogens is 1. The Hall–Kier alpha value is -3.02. The summed E-state index contributed by atoms with van der Waals surface area (Å²) in [6, 6.07) is 8.46. The largest absolute Gasteiger partial charge is 0.465 e. The van der Waals surface area contributed by atoms with E-state index < -0.39 is 5.76 Å². The summed E-state index contributed by atoms with van der Waals surface area (Å²) >= 11 is 0. The number of fused-ring (bicyclic) bond motifs is 1. The third kappa shape index (κ3) is 2.39. The number of benzene rings is 1. The van der Waals surface area contributed by atoms with E-state index in [0.717, 1.165) is 0 Å². The molecule has 0 bridgehead atoms. The molecule has 3 rings (SSSR count). The summed E-state index contributed by atoms with van der Waals surface area (Å²) in [7, 11) is 0. The lowest BCUT2D eigenvalue weighted by Crippen LogP contribution is -2.08. The zero-order chi connectivity index (χ0) is 13.9. The van der Waals surface area contributed by atoms with Crippen molar-refractivity contribution in [2.24, 2.45) is 0 Å². The lowest BCUT2D eigenvalue weighted by Gasteiger charge is -2.01. The Morgan fingerprint density at radius 3 is 2.95 bits per heavy atom. The maximum Gasteiger partial charge on any atom is 0.417 e. The highest BCUT2D eigenvalue weighted by molar-refractivity contribution is 6.05. The van der Waals surface area contributed by atoms with Crippen LogP contribution in [0.5, 0.6) is 0 Å². The highest BCUT2D eigenvalue weighted by Gasteiger charge is 2.07. The van der Waals surface area contributed by atoms with Gasteiger partial charge in [0, 0.05) is 6.08 Å². The molecule has 0 aliphatic carbocycles. The summed E-state index contributed by atoms with van der Waals surface area (Å²) in [4.78, 5) is 25.5. The van der Waals surface area contributed by atoms with Gasteiger partial charge in [0.15, 0.2) is 5.58 Å². The maximum atomic E-state index is 11.8. The molecule has 0 radical (unpaired) electrons. The van der Waals surface area contributed by atoms with Gasteiger partial charge in [0.25, 0.3) is 0 Å². The zero-order valence-corrected chi connectivity index (χ0v) is 10.3. The minimum absolute atomic E-state index is 0.337. The van der Waals surface area contributed by atoms with Crippen LogP contribution in [0.25, 0.3) is 17.2 Å². The molecule has 6 heteroatoms. The molecule has 20 heavy (non-hydrogen) atoms. The van der Waals surface area contributed by atoms with E-state index in [1.54, 1.807) is 36.4 Å². The molecule has 6 nitrogen and oxygen atoms in total. The minimum Gasteiger partial charge on any atom is -0.465 e. The van der Waals surface area contributed by atoms with Crippen LogP contribution in [-0.4, -0.2) is 10.9 Å². The lowest BCUT2D eigenvalue weighted by atomic mass is 10.2. The van der Waals surface area contributed by atoms with Crippen molar-refractivity contribution in [1.29, 1.82) is 0 Å². The molecule has 1 amide bonds. The average molecular weight is 270 g/mol. The molecular formula is C14H10N2O4. The van der Waals surface area contributed by atoms with Gasteiger partial charge < -0.3 is 14.2 Å². The summed E-state index contributed by atoms with van der Waals surface area (Å²) in [6.45, 7) is 0. The fraction of sp³-hybridized carbons (Fsp3) is 0. The normalized spacial score (nSPS) is 11.2.